The number of hydrogen-bond acceptors (Lipinski definition) is 8. The van der Waals surface area contributed by atoms with Crippen LogP contribution in [0, 0.1) is 17.8 Å². The Hall–Kier alpha value is -3.53. The molecule has 7 rings (SSSR count). The van der Waals surface area contributed by atoms with E-state index in [-0.39, 0.29) is 17.9 Å². The van der Waals surface area contributed by atoms with Crippen molar-refractivity contribution in [3.63, 3.8) is 0 Å². The van der Waals surface area contributed by atoms with E-state index in [1.807, 2.05) is 0 Å². The van der Waals surface area contributed by atoms with Crippen LogP contribution in [0.5, 0.6) is 0 Å². The minimum atomic E-state index is -0.613. The number of hydrogen-bond donors (Lipinski definition) is 1. The van der Waals surface area contributed by atoms with E-state index in [2.05, 4.69) is 63.8 Å². The first kappa shape index (κ1) is 27.3. The van der Waals surface area contributed by atoms with Gasteiger partial charge in [-0.1, -0.05) is 69.9 Å². The van der Waals surface area contributed by atoms with E-state index in [0.29, 0.717) is 36.5 Å². The molecule has 1 aliphatic heterocycles. The molecule has 1 aromatic carbocycles. The predicted molar refractivity (Wildman–Crippen MR) is 160 cm³/mol. The first-order valence-corrected chi connectivity index (χ1v) is 15.8. The van der Waals surface area contributed by atoms with E-state index in [1.165, 1.54) is 44.1 Å². The molecule has 42 heavy (non-hydrogen) atoms. The molecule has 0 bridgehead atoms. The molecule has 3 aromatic heterocycles. The summed E-state index contributed by atoms with van der Waals surface area (Å²) in [5.74, 6) is 3.02. The van der Waals surface area contributed by atoms with Crippen LogP contribution < -0.4 is 10.7 Å². The summed E-state index contributed by atoms with van der Waals surface area (Å²) in [5, 5.41) is 6.45. The van der Waals surface area contributed by atoms with Gasteiger partial charge in [0.1, 0.15) is 5.52 Å². The predicted octanol–water partition coefficient (Wildman–Crippen LogP) is 5.87. The quantitative estimate of drug-likeness (QED) is 0.306. The van der Waals surface area contributed by atoms with Crippen LogP contribution in [0.3, 0.4) is 0 Å². The second-order valence-corrected chi connectivity index (χ2v) is 12.8. The Morgan fingerprint density at radius 1 is 0.976 bits per heavy atom. The Balaban J connectivity index is 1.41. The minimum absolute atomic E-state index is 0.0526. The molecule has 0 spiro atoms. The summed E-state index contributed by atoms with van der Waals surface area (Å²) in [7, 11) is 0. The van der Waals surface area contributed by atoms with Gasteiger partial charge in [0.25, 0.3) is 5.89 Å². The molecule has 4 heterocycles. The summed E-state index contributed by atoms with van der Waals surface area (Å²) in [5.41, 5.74) is 3.91. The molecule has 0 amide bonds. The molecule has 2 saturated carbocycles. The standard InChI is InChI=1S/C32H41N7O3/c1-20-11-13-22(14-12-20)18-39-27-26(24-10-6-7-21(2)17-24)33-29(30-36-37-32(40)42-30)34-28(27)35-31(39)38-15-16-41-19-25(38)23-8-4-3-5-9-23/h3-5,8-9,20-22,24-25H,6-7,10-19H2,1-2H3,(H,37,40)/t20-,21?,22-,24?,25-/m0/s1. The van der Waals surface area contributed by atoms with Crippen LogP contribution in [-0.4, -0.2) is 49.5 Å². The average Bonchev–Trinajstić information content (AvgIpc) is 3.62. The number of benzene rings is 1. The topological polar surface area (TPSA) is 115 Å². The molecule has 10 heteroatoms. The van der Waals surface area contributed by atoms with Gasteiger partial charge in [-0.15, -0.1) is 5.10 Å². The molecule has 2 aliphatic carbocycles. The highest BCUT2D eigenvalue weighted by atomic mass is 16.5. The van der Waals surface area contributed by atoms with Crippen LogP contribution in [0.1, 0.15) is 88.4 Å². The summed E-state index contributed by atoms with van der Waals surface area (Å²) in [6.45, 7) is 7.61. The lowest BCUT2D eigenvalue weighted by Gasteiger charge is -2.37. The van der Waals surface area contributed by atoms with Crippen LogP contribution in [0.15, 0.2) is 39.5 Å². The van der Waals surface area contributed by atoms with E-state index < -0.39 is 5.76 Å². The Morgan fingerprint density at radius 2 is 1.81 bits per heavy atom. The van der Waals surface area contributed by atoms with Crippen LogP contribution >= 0.6 is 0 Å². The molecule has 222 valence electrons. The number of rotatable bonds is 6. The molecule has 3 aliphatic rings. The number of anilines is 1. The zero-order chi connectivity index (χ0) is 28.6. The van der Waals surface area contributed by atoms with Crippen molar-refractivity contribution in [2.75, 3.05) is 24.7 Å². The number of fused-ring (bicyclic) bond motifs is 1. The van der Waals surface area contributed by atoms with Crippen molar-refractivity contribution in [2.24, 2.45) is 17.8 Å². The lowest BCUT2D eigenvalue weighted by molar-refractivity contribution is 0.0927. The molecule has 3 atom stereocenters. The molecule has 2 unspecified atom stereocenters. The third kappa shape index (κ3) is 5.37. The molecular formula is C32H41N7O3. The number of morpholine rings is 1. The summed E-state index contributed by atoms with van der Waals surface area (Å²) in [6, 6.07) is 10.6. The lowest BCUT2D eigenvalue weighted by Crippen LogP contribution is -2.41. The van der Waals surface area contributed by atoms with Gasteiger partial charge in [0.05, 0.1) is 24.9 Å². The highest BCUT2D eigenvalue weighted by Crippen LogP contribution is 2.41. The Kier molecular flexibility index (Phi) is 7.56. The number of nitrogens with zero attached hydrogens (tertiary/aromatic N) is 6. The third-order valence-corrected chi connectivity index (χ3v) is 9.71. The number of aromatic amines is 1. The number of imidazole rings is 1. The molecule has 4 aromatic rings. The zero-order valence-corrected chi connectivity index (χ0v) is 24.7. The lowest BCUT2D eigenvalue weighted by atomic mass is 9.80. The second-order valence-electron chi connectivity index (χ2n) is 12.8. The zero-order valence-electron chi connectivity index (χ0n) is 24.7. The number of H-pyrrole nitrogens is 1. The fourth-order valence-electron chi connectivity index (χ4n) is 7.40. The molecule has 1 saturated heterocycles. The van der Waals surface area contributed by atoms with Gasteiger partial charge in [0, 0.05) is 19.0 Å². The van der Waals surface area contributed by atoms with Crippen molar-refractivity contribution >= 4 is 17.1 Å². The first-order valence-electron chi connectivity index (χ1n) is 15.8. The smallest absolute Gasteiger partial charge is 0.384 e. The fraction of sp³-hybridized carbons (Fsp3) is 0.594. The van der Waals surface area contributed by atoms with Gasteiger partial charge in [-0.25, -0.2) is 19.9 Å². The van der Waals surface area contributed by atoms with Crippen LogP contribution in [0.25, 0.3) is 22.9 Å². The van der Waals surface area contributed by atoms with Gasteiger partial charge in [-0.3, -0.25) is 0 Å². The Labute approximate surface area is 245 Å². The maximum Gasteiger partial charge on any atom is 0.434 e. The van der Waals surface area contributed by atoms with Crippen molar-refractivity contribution in [3.8, 4) is 11.7 Å². The van der Waals surface area contributed by atoms with Gasteiger partial charge in [0.2, 0.25) is 11.8 Å². The van der Waals surface area contributed by atoms with Crippen molar-refractivity contribution < 1.29 is 9.15 Å². The SMILES string of the molecule is CC1CCCC(c2nc(-c3n[nH]c(=O)o3)nc3nc(N4CCOC[C@H]4c4ccccc4)n(C[C@H]4CC[C@H](C)CC4)c23)C1. The molecule has 10 nitrogen and oxygen atoms in total. The maximum absolute atomic E-state index is 11.9. The number of nitrogens with one attached hydrogen (secondary N) is 1. The highest BCUT2D eigenvalue weighted by Gasteiger charge is 2.34. The van der Waals surface area contributed by atoms with Crippen molar-refractivity contribution in [3.05, 3.63) is 52.1 Å². The Bertz CT molecular complexity index is 1570. The summed E-state index contributed by atoms with van der Waals surface area (Å²) >= 11 is 0. The number of aromatic nitrogens is 6. The van der Waals surface area contributed by atoms with E-state index >= 15 is 0 Å². The van der Waals surface area contributed by atoms with Crippen LogP contribution in [-0.2, 0) is 11.3 Å². The van der Waals surface area contributed by atoms with Crippen LogP contribution in [0.2, 0.25) is 0 Å². The van der Waals surface area contributed by atoms with E-state index in [9.17, 15) is 4.79 Å². The van der Waals surface area contributed by atoms with Gasteiger partial charge < -0.3 is 18.6 Å². The summed E-state index contributed by atoms with van der Waals surface area (Å²) in [6.07, 6.45) is 9.53. The van der Waals surface area contributed by atoms with Crippen molar-refractivity contribution in [2.45, 2.75) is 83.7 Å². The fourth-order valence-corrected chi connectivity index (χ4v) is 7.40. The monoisotopic (exact) mass is 571 g/mol. The highest BCUT2D eigenvalue weighted by molar-refractivity contribution is 5.80. The van der Waals surface area contributed by atoms with Gasteiger partial charge in [0.15, 0.2) is 5.65 Å². The minimum Gasteiger partial charge on any atom is -0.384 e. The summed E-state index contributed by atoms with van der Waals surface area (Å²) < 4.78 is 13.8. The molecular weight excluding hydrogens is 530 g/mol. The van der Waals surface area contributed by atoms with Crippen LogP contribution in [0.4, 0.5) is 5.95 Å². The normalized spacial score (nSPS) is 27.0. The van der Waals surface area contributed by atoms with Crippen molar-refractivity contribution in [1.29, 1.82) is 0 Å². The van der Waals surface area contributed by atoms with E-state index in [1.54, 1.807) is 0 Å². The Morgan fingerprint density at radius 3 is 2.57 bits per heavy atom. The van der Waals surface area contributed by atoms with E-state index in [4.69, 9.17) is 24.1 Å². The average molecular weight is 572 g/mol. The molecule has 0 radical (unpaired) electrons. The first-order chi connectivity index (χ1) is 20.5. The van der Waals surface area contributed by atoms with Gasteiger partial charge in [-0.2, -0.15) is 4.98 Å². The number of ether oxygens (including phenoxy) is 1. The molecule has 1 N–H and O–H groups in total. The molecule has 3 fully saturated rings. The van der Waals surface area contributed by atoms with Gasteiger partial charge in [-0.05, 0) is 49.0 Å². The maximum atomic E-state index is 11.9. The largest absolute Gasteiger partial charge is 0.434 e. The van der Waals surface area contributed by atoms with Crippen molar-refractivity contribution in [1.82, 2.24) is 29.7 Å². The second kappa shape index (κ2) is 11.6. The van der Waals surface area contributed by atoms with E-state index in [0.717, 1.165) is 49.0 Å². The summed E-state index contributed by atoms with van der Waals surface area (Å²) in [4.78, 5) is 29.6. The third-order valence-electron chi connectivity index (χ3n) is 9.71. The van der Waals surface area contributed by atoms with Gasteiger partial charge >= 0.3 is 5.76 Å².